The Kier molecular flexibility index (Phi) is 4.32. The highest BCUT2D eigenvalue weighted by Gasteiger charge is 2.39. The van der Waals surface area contributed by atoms with Crippen LogP contribution in [0, 0.1) is 5.92 Å². The smallest absolute Gasteiger partial charge is 0.319 e. The Morgan fingerprint density at radius 1 is 1.27 bits per heavy atom. The lowest BCUT2D eigenvalue weighted by Gasteiger charge is -2.35. The van der Waals surface area contributed by atoms with Gasteiger partial charge in [-0.2, -0.15) is 0 Å². The first kappa shape index (κ1) is 15.6. The molecule has 4 heterocycles. The van der Waals surface area contributed by atoms with Crippen molar-refractivity contribution < 1.29 is 9.59 Å². The molecule has 3 fully saturated rings. The van der Waals surface area contributed by atoms with Gasteiger partial charge in [0.2, 0.25) is 0 Å². The number of carbonyl (C=O) groups is 2. The number of carbonyl (C=O) groups excluding carboxylic acids is 2. The fraction of sp³-hybridized carbons (Fsp3) is 0.600. The molecule has 1 aromatic heterocycles. The molecule has 0 unspecified atom stereocenters. The quantitative estimate of drug-likeness (QED) is 0.788. The Morgan fingerprint density at radius 3 is 2.68 bits per heavy atom. The van der Waals surface area contributed by atoms with Crippen LogP contribution in [0.2, 0.25) is 5.02 Å². The summed E-state index contributed by atoms with van der Waals surface area (Å²) < 4.78 is 0. The van der Waals surface area contributed by atoms with E-state index in [1.807, 2.05) is 15.2 Å². The number of thiophene rings is 1. The molecule has 3 aliphatic heterocycles. The highest BCUT2D eigenvalue weighted by molar-refractivity contribution is 7.12. The minimum absolute atomic E-state index is 0.00820. The van der Waals surface area contributed by atoms with Crippen LogP contribution in [-0.2, 0) is 0 Å². The molecule has 3 aliphatic rings. The standard InChI is InChI=1S/C15H20ClN3O2S/c1-17(2)15(21)18-7-10-3-4-11(9-18)19(8-10)14(20)13-12(16)5-6-22-13/h5-6,10-11H,3-4,7-9H2,1-2H3/t10-,11+/m1/s1. The van der Waals surface area contributed by atoms with E-state index in [9.17, 15) is 9.59 Å². The highest BCUT2D eigenvalue weighted by atomic mass is 35.5. The third-order valence-electron chi connectivity index (χ3n) is 4.44. The van der Waals surface area contributed by atoms with Crippen LogP contribution in [0.4, 0.5) is 4.79 Å². The Hall–Kier alpha value is -1.27. The molecule has 4 rings (SSSR count). The van der Waals surface area contributed by atoms with E-state index in [-0.39, 0.29) is 18.0 Å². The van der Waals surface area contributed by atoms with Gasteiger partial charge in [0, 0.05) is 39.8 Å². The number of fused-ring (bicyclic) bond motifs is 4. The minimum atomic E-state index is 0.00820. The predicted molar refractivity (Wildman–Crippen MR) is 87.5 cm³/mol. The van der Waals surface area contributed by atoms with Gasteiger partial charge in [0.1, 0.15) is 4.88 Å². The zero-order valence-corrected chi connectivity index (χ0v) is 14.4. The summed E-state index contributed by atoms with van der Waals surface area (Å²) in [4.78, 5) is 31.1. The van der Waals surface area contributed by atoms with Gasteiger partial charge in [-0.25, -0.2) is 4.79 Å². The number of halogens is 1. The second-order valence-corrected chi connectivity index (χ2v) is 7.56. The average molecular weight is 342 g/mol. The van der Waals surface area contributed by atoms with Gasteiger partial charge in [0.05, 0.1) is 5.02 Å². The first-order chi connectivity index (χ1) is 10.5. The van der Waals surface area contributed by atoms with E-state index in [1.54, 1.807) is 25.1 Å². The summed E-state index contributed by atoms with van der Waals surface area (Å²) >= 11 is 7.49. The molecule has 1 aromatic rings. The average Bonchev–Trinajstić information content (AvgIpc) is 2.73. The summed E-state index contributed by atoms with van der Waals surface area (Å²) in [6.07, 6.45) is 2.03. The molecule has 0 radical (unpaired) electrons. The monoisotopic (exact) mass is 341 g/mol. The fourth-order valence-electron chi connectivity index (χ4n) is 3.35. The zero-order chi connectivity index (χ0) is 15.9. The number of nitrogens with zero attached hydrogens (tertiary/aromatic N) is 3. The Bertz CT molecular complexity index is 589. The fourth-order valence-corrected chi connectivity index (χ4v) is 4.44. The second-order valence-electron chi connectivity index (χ2n) is 6.23. The van der Waals surface area contributed by atoms with E-state index in [0.717, 1.165) is 25.9 Å². The molecule has 120 valence electrons. The maximum atomic E-state index is 12.8. The molecule has 0 aliphatic carbocycles. The van der Waals surface area contributed by atoms with Gasteiger partial charge >= 0.3 is 6.03 Å². The van der Waals surface area contributed by atoms with Crippen molar-refractivity contribution in [3.8, 4) is 0 Å². The van der Waals surface area contributed by atoms with E-state index in [2.05, 4.69) is 0 Å². The van der Waals surface area contributed by atoms with Gasteiger partial charge < -0.3 is 14.7 Å². The largest absolute Gasteiger partial charge is 0.333 e. The van der Waals surface area contributed by atoms with E-state index >= 15 is 0 Å². The molecule has 0 saturated carbocycles. The van der Waals surface area contributed by atoms with Gasteiger partial charge in [-0.3, -0.25) is 4.79 Å². The zero-order valence-electron chi connectivity index (χ0n) is 12.8. The number of hydrogen-bond donors (Lipinski definition) is 0. The molecular weight excluding hydrogens is 322 g/mol. The summed E-state index contributed by atoms with van der Waals surface area (Å²) in [6, 6.07) is 1.88. The van der Waals surface area contributed by atoms with Crippen LogP contribution in [0.15, 0.2) is 11.4 Å². The van der Waals surface area contributed by atoms with Crippen molar-refractivity contribution in [2.75, 3.05) is 33.7 Å². The minimum Gasteiger partial charge on any atom is -0.333 e. The van der Waals surface area contributed by atoms with Gasteiger partial charge in [0.25, 0.3) is 5.91 Å². The summed E-state index contributed by atoms with van der Waals surface area (Å²) in [5.41, 5.74) is 0. The van der Waals surface area contributed by atoms with E-state index in [1.165, 1.54) is 11.3 Å². The molecule has 3 saturated heterocycles. The molecule has 0 spiro atoms. The van der Waals surface area contributed by atoms with Gasteiger partial charge in [-0.15, -0.1) is 11.3 Å². The first-order valence-corrected chi connectivity index (χ1v) is 8.73. The number of hydrogen-bond acceptors (Lipinski definition) is 3. The number of urea groups is 1. The van der Waals surface area contributed by atoms with Crippen molar-refractivity contribution in [2.45, 2.75) is 18.9 Å². The maximum absolute atomic E-state index is 12.8. The Balaban J connectivity index is 1.80. The van der Waals surface area contributed by atoms with Crippen LogP contribution < -0.4 is 0 Å². The van der Waals surface area contributed by atoms with Gasteiger partial charge in [-0.05, 0) is 30.2 Å². The molecule has 22 heavy (non-hydrogen) atoms. The topological polar surface area (TPSA) is 43.9 Å². The normalized spacial score (nSPS) is 24.3. The molecule has 0 aromatic carbocycles. The lowest BCUT2D eigenvalue weighted by molar-refractivity contribution is 0.0591. The summed E-state index contributed by atoms with van der Waals surface area (Å²) in [5.74, 6) is 0.360. The summed E-state index contributed by atoms with van der Waals surface area (Å²) in [5, 5.41) is 2.37. The first-order valence-electron chi connectivity index (χ1n) is 7.47. The molecule has 2 atom stereocenters. The molecule has 7 heteroatoms. The SMILES string of the molecule is CN(C)C(=O)N1C[C@H]2CC[C@@H](C1)N(C(=O)c1sccc1Cl)C2. The number of piperidine rings is 1. The Labute approximate surface area is 139 Å². The lowest BCUT2D eigenvalue weighted by atomic mass is 9.95. The van der Waals surface area contributed by atoms with Crippen LogP contribution in [0.5, 0.6) is 0 Å². The van der Waals surface area contributed by atoms with E-state index in [4.69, 9.17) is 11.6 Å². The van der Waals surface area contributed by atoms with Crippen LogP contribution in [-0.4, -0.2) is 66.4 Å². The third-order valence-corrected chi connectivity index (χ3v) is 5.77. The van der Waals surface area contributed by atoms with Crippen LogP contribution in [0.1, 0.15) is 22.5 Å². The summed E-state index contributed by atoms with van der Waals surface area (Å²) in [6.45, 7) is 2.06. The van der Waals surface area contributed by atoms with E-state index < -0.39 is 0 Å². The van der Waals surface area contributed by atoms with Gasteiger partial charge in [-0.1, -0.05) is 11.6 Å². The van der Waals surface area contributed by atoms with Crippen LogP contribution in [0.25, 0.3) is 0 Å². The molecule has 3 amide bonds. The van der Waals surface area contributed by atoms with Gasteiger partial charge in [0.15, 0.2) is 0 Å². The second kappa shape index (κ2) is 6.08. The summed E-state index contributed by atoms with van der Waals surface area (Å²) in [7, 11) is 3.53. The highest BCUT2D eigenvalue weighted by Crippen LogP contribution is 2.32. The predicted octanol–water partition coefficient (Wildman–Crippen LogP) is 2.62. The van der Waals surface area contributed by atoms with Crippen molar-refractivity contribution in [3.05, 3.63) is 21.3 Å². The third kappa shape index (κ3) is 2.82. The number of rotatable bonds is 1. The van der Waals surface area contributed by atoms with Crippen molar-refractivity contribution in [2.24, 2.45) is 5.92 Å². The molecule has 0 N–H and O–H groups in total. The molecule has 2 bridgehead atoms. The molecular formula is C15H20ClN3O2S. The number of amides is 3. The van der Waals surface area contributed by atoms with Crippen molar-refractivity contribution in [3.63, 3.8) is 0 Å². The van der Waals surface area contributed by atoms with Crippen molar-refractivity contribution in [1.82, 2.24) is 14.7 Å². The van der Waals surface area contributed by atoms with Crippen LogP contribution in [0.3, 0.4) is 0 Å². The van der Waals surface area contributed by atoms with Crippen molar-refractivity contribution >= 4 is 34.9 Å². The Morgan fingerprint density at radius 2 is 2.05 bits per heavy atom. The lowest BCUT2D eigenvalue weighted by Crippen LogP contribution is -2.48. The van der Waals surface area contributed by atoms with Crippen LogP contribution >= 0.6 is 22.9 Å². The van der Waals surface area contributed by atoms with E-state index in [0.29, 0.717) is 22.4 Å². The maximum Gasteiger partial charge on any atom is 0.319 e. The molecule has 5 nitrogen and oxygen atoms in total. The van der Waals surface area contributed by atoms with Crippen molar-refractivity contribution in [1.29, 1.82) is 0 Å².